The van der Waals surface area contributed by atoms with E-state index in [0.717, 1.165) is 18.4 Å². The topological polar surface area (TPSA) is 9.23 Å². The summed E-state index contributed by atoms with van der Waals surface area (Å²) in [5.74, 6) is 0.442. The molecule has 4 heteroatoms. The molecule has 0 N–H and O–H groups in total. The van der Waals surface area contributed by atoms with E-state index >= 15 is 0 Å². The van der Waals surface area contributed by atoms with Gasteiger partial charge in [-0.3, -0.25) is 0 Å². The van der Waals surface area contributed by atoms with Crippen molar-refractivity contribution in [3.05, 3.63) is 34.6 Å². The average molecular weight is 263 g/mol. The smallest absolute Gasteiger partial charge is 0.125 e. The number of rotatable bonds is 2. The highest BCUT2D eigenvalue weighted by Crippen LogP contribution is 2.35. The van der Waals surface area contributed by atoms with Gasteiger partial charge in [-0.05, 0) is 36.6 Å². The Kier molecular flexibility index (Phi) is 4.06. The lowest BCUT2D eigenvalue weighted by molar-refractivity contribution is -0.0209. The van der Waals surface area contributed by atoms with E-state index in [1.54, 1.807) is 6.07 Å². The molecule has 1 aliphatic heterocycles. The molecule has 1 saturated heterocycles. The van der Waals surface area contributed by atoms with Gasteiger partial charge >= 0.3 is 0 Å². The van der Waals surface area contributed by atoms with Gasteiger partial charge in [0.1, 0.15) is 5.82 Å². The standard InChI is InChI=1S/C12H13Cl2FO/c13-7-8-2-1-3-16-12(8)9-4-10(14)6-11(15)5-9/h4-6,8,12H,1-3,7H2. The summed E-state index contributed by atoms with van der Waals surface area (Å²) in [7, 11) is 0. The van der Waals surface area contributed by atoms with Crippen LogP contribution in [0.25, 0.3) is 0 Å². The van der Waals surface area contributed by atoms with Gasteiger partial charge in [-0.1, -0.05) is 11.6 Å². The minimum absolute atomic E-state index is 0.126. The van der Waals surface area contributed by atoms with Crippen LogP contribution in [0.3, 0.4) is 0 Å². The molecule has 0 amide bonds. The Balaban J connectivity index is 2.26. The molecule has 1 nitrogen and oxygen atoms in total. The third-order valence-corrected chi connectivity index (χ3v) is 3.47. The number of benzene rings is 1. The van der Waals surface area contributed by atoms with Crippen LogP contribution < -0.4 is 0 Å². The normalized spacial score (nSPS) is 25.7. The molecule has 0 bridgehead atoms. The van der Waals surface area contributed by atoms with Crippen LogP contribution in [0.4, 0.5) is 4.39 Å². The highest BCUT2D eigenvalue weighted by Gasteiger charge is 2.27. The van der Waals surface area contributed by atoms with Gasteiger partial charge in [0.2, 0.25) is 0 Å². The average Bonchev–Trinajstić information content (AvgIpc) is 2.27. The molecule has 0 radical (unpaired) electrons. The molecule has 1 aromatic carbocycles. The summed E-state index contributed by atoms with van der Waals surface area (Å²) in [5, 5.41) is 0.400. The van der Waals surface area contributed by atoms with E-state index in [1.165, 1.54) is 12.1 Å². The lowest BCUT2D eigenvalue weighted by atomic mass is 9.91. The fourth-order valence-electron chi connectivity index (χ4n) is 2.11. The van der Waals surface area contributed by atoms with Crippen molar-refractivity contribution in [1.29, 1.82) is 0 Å². The van der Waals surface area contributed by atoms with Crippen molar-refractivity contribution in [2.24, 2.45) is 5.92 Å². The number of hydrogen-bond donors (Lipinski definition) is 0. The Labute approximate surface area is 105 Å². The molecule has 1 aromatic rings. The van der Waals surface area contributed by atoms with Crippen LogP contribution in [0.2, 0.25) is 5.02 Å². The number of alkyl halides is 1. The molecule has 0 aromatic heterocycles. The quantitative estimate of drug-likeness (QED) is 0.727. The van der Waals surface area contributed by atoms with Crippen LogP contribution in [-0.4, -0.2) is 12.5 Å². The van der Waals surface area contributed by atoms with Gasteiger partial charge < -0.3 is 4.74 Å². The SMILES string of the molecule is Fc1cc(Cl)cc(C2OCCCC2CCl)c1. The lowest BCUT2D eigenvalue weighted by Gasteiger charge is -2.30. The Morgan fingerprint density at radius 3 is 2.88 bits per heavy atom. The highest BCUT2D eigenvalue weighted by molar-refractivity contribution is 6.30. The first-order valence-corrected chi connectivity index (χ1v) is 6.25. The van der Waals surface area contributed by atoms with Crippen molar-refractivity contribution < 1.29 is 9.13 Å². The molecule has 0 saturated carbocycles. The van der Waals surface area contributed by atoms with Crippen LogP contribution >= 0.6 is 23.2 Å². The van der Waals surface area contributed by atoms with Gasteiger partial charge in [0.15, 0.2) is 0 Å². The zero-order chi connectivity index (χ0) is 11.5. The van der Waals surface area contributed by atoms with E-state index in [-0.39, 0.29) is 17.8 Å². The van der Waals surface area contributed by atoms with E-state index in [9.17, 15) is 4.39 Å². The minimum atomic E-state index is -0.329. The van der Waals surface area contributed by atoms with Crippen LogP contribution in [0.5, 0.6) is 0 Å². The van der Waals surface area contributed by atoms with Crippen molar-refractivity contribution in [3.8, 4) is 0 Å². The molecule has 88 valence electrons. The molecule has 2 atom stereocenters. The molecular weight excluding hydrogens is 250 g/mol. The molecule has 0 spiro atoms. The van der Waals surface area contributed by atoms with Crippen molar-refractivity contribution in [3.63, 3.8) is 0 Å². The van der Waals surface area contributed by atoms with Crippen molar-refractivity contribution in [1.82, 2.24) is 0 Å². The van der Waals surface area contributed by atoms with Gasteiger partial charge in [-0.25, -0.2) is 4.39 Å². The maximum absolute atomic E-state index is 13.2. The van der Waals surface area contributed by atoms with E-state index < -0.39 is 0 Å². The maximum Gasteiger partial charge on any atom is 0.125 e. The van der Waals surface area contributed by atoms with Gasteiger partial charge in [0, 0.05) is 23.4 Å². The second-order valence-electron chi connectivity index (χ2n) is 4.05. The van der Waals surface area contributed by atoms with Crippen LogP contribution in [0.1, 0.15) is 24.5 Å². The number of ether oxygens (including phenoxy) is 1. The van der Waals surface area contributed by atoms with E-state index in [2.05, 4.69) is 0 Å². The van der Waals surface area contributed by atoms with Gasteiger partial charge in [0.25, 0.3) is 0 Å². The first-order valence-electron chi connectivity index (χ1n) is 5.34. The number of halogens is 3. The lowest BCUT2D eigenvalue weighted by Crippen LogP contribution is -2.23. The molecular formula is C12H13Cl2FO. The van der Waals surface area contributed by atoms with Crippen molar-refractivity contribution in [2.75, 3.05) is 12.5 Å². The number of hydrogen-bond acceptors (Lipinski definition) is 1. The van der Waals surface area contributed by atoms with Crippen LogP contribution in [0, 0.1) is 11.7 Å². The summed E-state index contributed by atoms with van der Waals surface area (Å²) in [6.07, 6.45) is 1.90. The zero-order valence-corrected chi connectivity index (χ0v) is 10.3. The molecule has 1 fully saturated rings. The maximum atomic E-state index is 13.2. The minimum Gasteiger partial charge on any atom is -0.373 e. The summed E-state index contributed by atoms with van der Waals surface area (Å²) >= 11 is 11.7. The summed E-state index contributed by atoms with van der Waals surface area (Å²) in [6.45, 7) is 0.701. The second-order valence-corrected chi connectivity index (χ2v) is 4.80. The first kappa shape index (κ1) is 12.2. The monoisotopic (exact) mass is 262 g/mol. The third kappa shape index (κ3) is 2.68. The van der Waals surface area contributed by atoms with Crippen molar-refractivity contribution >= 4 is 23.2 Å². The van der Waals surface area contributed by atoms with Gasteiger partial charge in [-0.15, -0.1) is 11.6 Å². The highest BCUT2D eigenvalue weighted by atomic mass is 35.5. The molecule has 2 rings (SSSR count). The summed E-state index contributed by atoms with van der Waals surface area (Å²) < 4.78 is 18.9. The summed E-state index contributed by atoms with van der Waals surface area (Å²) in [4.78, 5) is 0. The first-order chi connectivity index (χ1) is 7.70. The molecule has 2 unspecified atom stereocenters. The Bertz CT molecular complexity index is 350. The van der Waals surface area contributed by atoms with E-state index in [4.69, 9.17) is 27.9 Å². The van der Waals surface area contributed by atoms with Gasteiger partial charge in [-0.2, -0.15) is 0 Å². The third-order valence-electron chi connectivity index (χ3n) is 2.86. The van der Waals surface area contributed by atoms with E-state index in [1.807, 2.05) is 0 Å². The van der Waals surface area contributed by atoms with Crippen LogP contribution in [-0.2, 0) is 4.74 Å². The fraction of sp³-hybridized carbons (Fsp3) is 0.500. The Morgan fingerprint density at radius 1 is 1.38 bits per heavy atom. The molecule has 16 heavy (non-hydrogen) atoms. The molecule has 1 aliphatic rings. The summed E-state index contributed by atoms with van der Waals surface area (Å²) in [5.41, 5.74) is 0.787. The van der Waals surface area contributed by atoms with Crippen molar-refractivity contribution in [2.45, 2.75) is 18.9 Å². The van der Waals surface area contributed by atoms with E-state index in [0.29, 0.717) is 17.5 Å². The zero-order valence-electron chi connectivity index (χ0n) is 8.76. The Morgan fingerprint density at radius 2 is 2.19 bits per heavy atom. The second kappa shape index (κ2) is 5.35. The van der Waals surface area contributed by atoms with Gasteiger partial charge in [0.05, 0.1) is 6.10 Å². The summed E-state index contributed by atoms with van der Waals surface area (Å²) in [6, 6.07) is 4.52. The van der Waals surface area contributed by atoms with Crippen LogP contribution in [0.15, 0.2) is 18.2 Å². The molecule has 1 heterocycles. The predicted molar refractivity (Wildman–Crippen MR) is 63.5 cm³/mol. The fourth-order valence-corrected chi connectivity index (χ4v) is 2.66. The predicted octanol–water partition coefficient (Wildman–Crippen LogP) is 4.19. The Hall–Kier alpha value is -0.310. The molecule has 0 aliphatic carbocycles. The largest absolute Gasteiger partial charge is 0.373 e.